The van der Waals surface area contributed by atoms with Crippen molar-refractivity contribution in [3.8, 4) is 10.6 Å². The lowest BCUT2D eigenvalue weighted by Crippen LogP contribution is -2.41. The number of hydrogen-bond acceptors (Lipinski definition) is 4. The highest BCUT2D eigenvalue weighted by Crippen LogP contribution is 2.36. The van der Waals surface area contributed by atoms with Gasteiger partial charge in [0.15, 0.2) is 0 Å². The molecule has 2 aromatic rings. The van der Waals surface area contributed by atoms with Gasteiger partial charge >= 0.3 is 7.12 Å². The van der Waals surface area contributed by atoms with E-state index in [9.17, 15) is 0 Å². The van der Waals surface area contributed by atoms with Gasteiger partial charge in [-0.15, -0.1) is 11.3 Å². The highest BCUT2D eigenvalue weighted by Gasteiger charge is 2.52. The molecular formula is C15H17BClNO2S. The molecule has 3 nitrogen and oxygen atoms in total. The second-order valence-corrected chi connectivity index (χ2v) is 7.47. The summed E-state index contributed by atoms with van der Waals surface area (Å²) in [6.07, 6.45) is 0. The van der Waals surface area contributed by atoms with Gasteiger partial charge in [-0.2, -0.15) is 0 Å². The molecule has 0 aliphatic carbocycles. The number of aromatic nitrogens is 1. The fraction of sp³-hybridized carbons (Fsp3) is 0.400. The van der Waals surface area contributed by atoms with Crippen LogP contribution in [0.4, 0.5) is 0 Å². The quantitative estimate of drug-likeness (QED) is 0.789. The first kappa shape index (κ1) is 15.0. The van der Waals surface area contributed by atoms with E-state index in [0.29, 0.717) is 0 Å². The van der Waals surface area contributed by atoms with Crippen LogP contribution in [0.3, 0.4) is 0 Å². The molecule has 3 rings (SSSR count). The van der Waals surface area contributed by atoms with Crippen LogP contribution < -0.4 is 5.59 Å². The predicted molar refractivity (Wildman–Crippen MR) is 88.3 cm³/mol. The Morgan fingerprint density at radius 3 is 2.19 bits per heavy atom. The van der Waals surface area contributed by atoms with Crippen molar-refractivity contribution in [1.29, 1.82) is 0 Å². The van der Waals surface area contributed by atoms with Gasteiger partial charge in [0.1, 0.15) is 5.01 Å². The molecular weight excluding hydrogens is 305 g/mol. The van der Waals surface area contributed by atoms with Crippen LogP contribution in [0.5, 0.6) is 0 Å². The smallest absolute Gasteiger partial charge is 0.398 e. The number of rotatable bonds is 2. The number of nitrogens with zero attached hydrogens (tertiary/aromatic N) is 1. The average Bonchev–Trinajstić information content (AvgIpc) is 2.94. The van der Waals surface area contributed by atoms with E-state index in [-0.39, 0.29) is 11.2 Å². The fourth-order valence-corrected chi connectivity index (χ4v) is 3.04. The van der Waals surface area contributed by atoms with E-state index in [2.05, 4.69) is 4.98 Å². The van der Waals surface area contributed by atoms with E-state index < -0.39 is 7.12 Å². The van der Waals surface area contributed by atoms with Crippen molar-refractivity contribution in [3.63, 3.8) is 0 Å². The molecule has 1 fully saturated rings. The highest BCUT2D eigenvalue weighted by molar-refractivity contribution is 7.14. The SMILES string of the molecule is CC1(C)OB(c2csc(-c3ccc(Cl)cc3)n2)OC1(C)C. The molecule has 1 aromatic heterocycles. The molecule has 1 aliphatic heterocycles. The lowest BCUT2D eigenvalue weighted by Gasteiger charge is -2.32. The van der Waals surface area contributed by atoms with Crippen molar-refractivity contribution in [2.75, 3.05) is 0 Å². The number of thiazole rings is 1. The molecule has 0 bridgehead atoms. The van der Waals surface area contributed by atoms with Crippen LogP contribution in [0.25, 0.3) is 10.6 Å². The Labute approximate surface area is 134 Å². The first-order chi connectivity index (χ1) is 9.78. The van der Waals surface area contributed by atoms with Crippen molar-refractivity contribution in [1.82, 2.24) is 4.98 Å². The monoisotopic (exact) mass is 321 g/mol. The van der Waals surface area contributed by atoms with E-state index in [1.807, 2.05) is 57.3 Å². The molecule has 0 N–H and O–H groups in total. The third kappa shape index (κ3) is 2.75. The Morgan fingerprint density at radius 2 is 1.62 bits per heavy atom. The molecule has 1 aromatic carbocycles. The molecule has 0 spiro atoms. The van der Waals surface area contributed by atoms with Crippen LogP contribution >= 0.6 is 22.9 Å². The second-order valence-electron chi connectivity index (χ2n) is 6.17. The van der Waals surface area contributed by atoms with E-state index in [4.69, 9.17) is 20.9 Å². The Bertz CT molecular complexity index is 638. The van der Waals surface area contributed by atoms with Crippen molar-refractivity contribution >= 4 is 35.6 Å². The Morgan fingerprint density at radius 1 is 1.05 bits per heavy atom. The maximum Gasteiger partial charge on any atom is 0.515 e. The first-order valence-electron chi connectivity index (χ1n) is 6.85. The summed E-state index contributed by atoms with van der Waals surface area (Å²) < 4.78 is 12.0. The summed E-state index contributed by atoms with van der Waals surface area (Å²) >= 11 is 7.50. The number of benzene rings is 1. The summed E-state index contributed by atoms with van der Waals surface area (Å²) in [5, 5.41) is 3.66. The highest BCUT2D eigenvalue weighted by atomic mass is 35.5. The van der Waals surface area contributed by atoms with Crippen molar-refractivity contribution in [3.05, 3.63) is 34.7 Å². The van der Waals surface area contributed by atoms with Gasteiger partial charge in [-0.3, -0.25) is 0 Å². The van der Waals surface area contributed by atoms with Crippen LogP contribution in [-0.2, 0) is 9.31 Å². The van der Waals surface area contributed by atoms with E-state index >= 15 is 0 Å². The molecule has 2 heterocycles. The standard InChI is InChI=1S/C15H17BClNO2S/c1-14(2)15(3,4)20-16(19-14)12-9-21-13(18-12)10-5-7-11(17)8-6-10/h5-9H,1-4H3. The lowest BCUT2D eigenvalue weighted by molar-refractivity contribution is 0.00578. The number of halogens is 1. The first-order valence-corrected chi connectivity index (χ1v) is 8.11. The second kappa shape index (κ2) is 5.09. The van der Waals surface area contributed by atoms with E-state index in [0.717, 1.165) is 21.2 Å². The minimum Gasteiger partial charge on any atom is -0.398 e. The van der Waals surface area contributed by atoms with Gasteiger partial charge in [0, 0.05) is 16.0 Å². The topological polar surface area (TPSA) is 31.4 Å². The van der Waals surface area contributed by atoms with Crippen LogP contribution in [0.15, 0.2) is 29.6 Å². The predicted octanol–water partition coefficient (Wildman–Crippen LogP) is 3.76. The zero-order valence-electron chi connectivity index (χ0n) is 12.5. The zero-order valence-corrected chi connectivity index (χ0v) is 14.1. The van der Waals surface area contributed by atoms with Crippen LogP contribution in [0.2, 0.25) is 5.02 Å². The Hall–Kier alpha value is -0.875. The van der Waals surface area contributed by atoms with Crippen molar-refractivity contribution < 1.29 is 9.31 Å². The van der Waals surface area contributed by atoms with Crippen LogP contribution in [-0.4, -0.2) is 23.3 Å². The Balaban J connectivity index is 1.85. The lowest BCUT2D eigenvalue weighted by atomic mass is 9.86. The Kier molecular flexibility index (Phi) is 3.65. The summed E-state index contributed by atoms with van der Waals surface area (Å²) in [7, 11) is -0.410. The van der Waals surface area contributed by atoms with Crippen molar-refractivity contribution in [2.24, 2.45) is 0 Å². The molecule has 0 unspecified atom stereocenters. The third-order valence-electron chi connectivity index (χ3n) is 4.11. The normalized spacial score (nSPS) is 20.0. The summed E-state index contributed by atoms with van der Waals surface area (Å²) in [6.45, 7) is 8.16. The fourth-order valence-electron chi connectivity index (χ4n) is 2.08. The molecule has 0 saturated carbocycles. The van der Waals surface area contributed by atoms with E-state index in [1.54, 1.807) is 11.3 Å². The van der Waals surface area contributed by atoms with Gasteiger partial charge < -0.3 is 9.31 Å². The van der Waals surface area contributed by atoms with E-state index in [1.165, 1.54) is 0 Å². The molecule has 0 amide bonds. The van der Waals surface area contributed by atoms with Gasteiger partial charge in [0.25, 0.3) is 0 Å². The van der Waals surface area contributed by atoms with Gasteiger partial charge in [0.05, 0.1) is 16.8 Å². The minimum atomic E-state index is -0.410. The van der Waals surface area contributed by atoms with Gasteiger partial charge in [-0.05, 0) is 39.8 Å². The summed E-state index contributed by atoms with van der Waals surface area (Å²) in [5.74, 6) is 0. The largest absolute Gasteiger partial charge is 0.515 e. The minimum absolute atomic E-state index is 0.346. The van der Waals surface area contributed by atoms with Crippen LogP contribution in [0, 0.1) is 0 Å². The van der Waals surface area contributed by atoms with Gasteiger partial charge in [0.2, 0.25) is 0 Å². The van der Waals surface area contributed by atoms with Crippen LogP contribution in [0.1, 0.15) is 27.7 Å². The molecule has 110 valence electrons. The van der Waals surface area contributed by atoms with Crippen molar-refractivity contribution in [2.45, 2.75) is 38.9 Å². The zero-order chi connectivity index (χ0) is 15.3. The average molecular weight is 322 g/mol. The maximum atomic E-state index is 6.02. The summed E-state index contributed by atoms with van der Waals surface area (Å²) in [4.78, 5) is 4.65. The number of hydrogen-bond donors (Lipinski definition) is 0. The van der Waals surface area contributed by atoms with Gasteiger partial charge in [-0.25, -0.2) is 4.98 Å². The molecule has 6 heteroatoms. The maximum absolute atomic E-state index is 6.02. The summed E-state index contributed by atoms with van der Waals surface area (Å²) in [5.41, 5.74) is 1.18. The molecule has 0 atom stereocenters. The molecule has 1 aliphatic rings. The molecule has 1 saturated heterocycles. The van der Waals surface area contributed by atoms with Gasteiger partial charge in [-0.1, -0.05) is 23.7 Å². The summed E-state index contributed by atoms with van der Waals surface area (Å²) in [6, 6.07) is 7.67. The third-order valence-corrected chi connectivity index (χ3v) is 5.27. The molecule has 0 radical (unpaired) electrons. The molecule has 21 heavy (non-hydrogen) atoms.